The van der Waals surface area contributed by atoms with E-state index in [1.165, 1.54) is 7.11 Å². The molecule has 0 aliphatic heterocycles. The van der Waals surface area contributed by atoms with Crippen molar-refractivity contribution in [3.05, 3.63) is 14.3 Å². The molecule has 0 atom stereocenters. The largest absolute Gasteiger partial charge is 0.469 e. The van der Waals surface area contributed by atoms with Gasteiger partial charge in [0.05, 0.1) is 7.11 Å². The highest BCUT2D eigenvalue weighted by atomic mass is 35.5. The monoisotopic (exact) mass is 267 g/mol. The van der Waals surface area contributed by atoms with Crippen molar-refractivity contribution in [1.82, 2.24) is 15.4 Å². The van der Waals surface area contributed by atoms with Gasteiger partial charge in [-0.15, -0.1) is 5.10 Å². The maximum atomic E-state index is 9.96. The first-order chi connectivity index (χ1) is 7.02. The van der Waals surface area contributed by atoms with E-state index in [4.69, 9.17) is 36.0 Å². The summed E-state index contributed by atoms with van der Waals surface area (Å²) in [5.41, 5.74) is 0. The van der Waals surface area contributed by atoms with Gasteiger partial charge in [-0.2, -0.15) is 0 Å². The number of methoxy groups -OCH3 is 1. The predicted octanol–water partition coefficient (Wildman–Crippen LogP) is 2.42. The third-order valence-electron chi connectivity index (χ3n) is 1.23. The Balaban J connectivity index is 0.000000288. The lowest BCUT2D eigenvalue weighted by Gasteiger charge is -1.87. The van der Waals surface area contributed by atoms with E-state index in [2.05, 4.69) is 20.1 Å². The van der Waals surface area contributed by atoms with Crippen LogP contribution in [0.5, 0.6) is 0 Å². The van der Waals surface area contributed by atoms with E-state index in [0.29, 0.717) is 15.6 Å². The molecule has 0 spiro atoms. The van der Waals surface area contributed by atoms with E-state index in [1.807, 2.05) is 0 Å². The van der Waals surface area contributed by atoms with Crippen molar-refractivity contribution in [2.75, 3.05) is 7.11 Å². The number of H-pyrrole nitrogens is 2. The van der Waals surface area contributed by atoms with Crippen molar-refractivity contribution in [2.24, 2.45) is 0 Å². The number of rotatable bonds is 1. The smallest absolute Gasteiger partial charge is 0.305 e. The highest BCUT2D eigenvalue weighted by Gasteiger charge is 1.90. The highest BCUT2D eigenvalue weighted by molar-refractivity contribution is 7.73. The summed E-state index contributed by atoms with van der Waals surface area (Å²) in [4.78, 5) is 9.96. The highest BCUT2D eigenvalue weighted by Crippen LogP contribution is 2.02. The molecule has 0 unspecified atom stereocenters. The van der Waals surface area contributed by atoms with Crippen LogP contribution in [0, 0.1) is 9.15 Å². The molecule has 0 saturated carbocycles. The second kappa shape index (κ2) is 7.49. The first kappa shape index (κ1) is 14.2. The van der Waals surface area contributed by atoms with Crippen molar-refractivity contribution in [3.8, 4) is 0 Å². The summed E-state index contributed by atoms with van der Waals surface area (Å²) >= 11 is 15.0. The Labute approximate surface area is 102 Å². The molecule has 0 radical (unpaired) electrons. The Morgan fingerprint density at radius 2 is 2.20 bits per heavy atom. The first-order valence-corrected chi connectivity index (χ1v) is 5.12. The Hall–Kier alpha value is -0.790. The lowest BCUT2D eigenvalue weighted by molar-refractivity contribution is -0.140. The standard InChI is InChI=1S/C4H8O2.C3H2ClN3S2/c1-3-4(5)6-2;4-2-1(8)3(9)6-7-5-2/h3H2,1-2H3;(H,7,8)(H,5,6,9). The number of halogens is 1. The van der Waals surface area contributed by atoms with Crippen LogP contribution >= 0.6 is 36.0 Å². The first-order valence-electron chi connectivity index (χ1n) is 3.92. The van der Waals surface area contributed by atoms with Gasteiger partial charge >= 0.3 is 5.97 Å². The lowest BCUT2D eigenvalue weighted by atomic mass is 10.5. The molecule has 84 valence electrons. The van der Waals surface area contributed by atoms with Crippen LogP contribution in [0.2, 0.25) is 5.15 Å². The number of hydrogen-bond acceptors (Lipinski definition) is 5. The number of nitrogens with one attached hydrogen (secondary N) is 2. The van der Waals surface area contributed by atoms with Gasteiger partial charge in [0.1, 0.15) is 9.15 Å². The van der Waals surface area contributed by atoms with Gasteiger partial charge in [0, 0.05) is 6.42 Å². The van der Waals surface area contributed by atoms with Gasteiger partial charge in [-0.25, -0.2) is 5.21 Å². The van der Waals surface area contributed by atoms with Crippen LogP contribution in [0.3, 0.4) is 0 Å². The fraction of sp³-hybridized carbons (Fsp3) is 0.429. The molecule has 1 heterocycles. The van der Waals surface area contributed by atoms with Crippen molar-refractivity contribution in [3.63, 3.8) is 0 Å². The van der Waals surface area contributed by atoms with E-state index in [1.54, 1.807) is 6.92 Å². The van der Waals surface area contributed by atoms with E-state index in [9.17, 15) is 4.79 Å². The molecule has 0 bridgehead atoms. The van der Waals surface area contributed by atoms with Crippen LogP contribution in [0.25, 0.3) is 0 Å². The van der Waals surface area contributed by atoms with Crippen molar-refractivity contribution in [1.29, 1.82) is 0 Å². The Bertz CT molecular complexity index is 423. The topological polar surface area (TPSA) is 70.8 Å². The van der Waals surface area contributed by atoms with Gasteiger partial charge < -0.3 is 4.74 Å². The van der Waals surface area contributed by atoms with Crippen LogP contribution in [-0.2, 0) is 9.53 Å². The van der Waals surface area contributed by atoms with Gasteiger partial charge in [-0.3, -0.25) is 9.89 Å². The number of ether oxygens (including phenoxy) is 1. The average molecular weight is 268 g/mol. The second-order valence-electron chi connectivity index (χ2n) is 2.23. The zero-order chi connectivity index (χ0) is 11.8. The zero-order valence-corrected chi connectivity index (χ0v) is 10.6. The molecular weight excluding hydrogens is 258 g/mol. The van der Waals surface area contributed by atoms with E-state index < -0.39 is 0 Å². The molecule has 2 N–H and O–H groups in total. The SMILES string of the molecule is CCC(=O)OC.S=c1[nH][nH]nc(Cl)c1=S. The van der Waals surface area contributed by atoms with Crippen molar-refractivity contribution >= 4 is 42.0 Å². The molecule has 1 rings (SSSR count). The molecule has 0 amide bonds. The summed E-state index contributed by atoms with van der Waals surface area (Å²) in [6, 6.07) is 0. The minimum absolute atomic E-state index is 0.157. The summed E-state index contributed by atoms with van der Waals surface area (Å²) in [6.45, 7) is 1.76. The molecule has 8 heteroatoms. The number of aromatic amines is 2. The number of aromatic nitrogens is 3. The molecule has 0 aliphatic rings. The van der Waals surface area contributed by atoms with Crippen molar-refractivity contribution < 1.29 is 9.53 Å². The Morgan fingerprint density at radius 3 is 2.47 bits per heavy atom. The van der Waals surface area contributed by atoms with Crippen LogP contribution in [0.15, 0.2) is 0 Å². The van der Waals surface area contributed by atoms with E-state index in [-0.39, 0.29) is 11.1 Å². The number of hydrogen-bond donors (Lipinski definition) is 2. The maximum Gasteiger partial charge on any atom is 0.305 e. The van der Waals surface area contributed by atoms with Crippen molar-refractivity contribution in [2.45, 2.75) is 13.3 Å². The normalized spacial score (nSPS) is 8.73. The second-order valence-corrected chi connectivity index (χ2v) is 3.40. The summed E-state index contributed by atoms with van der Waals surface area (Å²) in [6.07, 6.45) is 0.469. The van der Waals surface area contributed by atoms with Gasteiger partial charge in [-0.1, -0.05) is 43.0 Å². The molecule has 0 aliphatic carbocycles. The molecule has 0 fully saturated rings. The molecule has 1 aromatic rings. The minimum atomic E-state index is -0.157. The fourth-order valence-electron chi connectivity index (χ4n) is 0.473. The quantitative estimate of drug-likeness (QED) is 0.604. The molecule has 0 aromatic carbocycles. The van der Waals surface area contributed by atoms with Crippen LogP contribution in [0.4, 0.5) is 0 Å². The van der Waals surface area contributed by atoms with Gasteiger partial charge in [-0.05, 0) is 0 Å². The number of carbonyl (C=O) groups excluding carboxylic acids is 1. The molecule has 15 heavy (non-hydrogen) atoms. The fourth-order valence-corrected chi connectivity index (χ4v) is 0.905. The average Bonchev–Trinajstić information content (AvgIpc) is 2.25. The summed E-state index contributed by atoms with van der Waals surface area (Å²) in [5, 5.41) is 8.71. The lowest BCUT2D eigenvalue weighted by Crippen LogP contribution is -1.94. The third-order valence-corrected chi connectivity index (χ3v) is 2.45. The van der Waals surface area contributed by atoms with Gasteiger partial charge in [0.15, 0.2) is 5.15 Å². The third kappa shape index (κ3) is 5.60. The summed E-state index contributed by atoms with van der Waals surface area (Å²) < 4.78 is 5.05. The van der Waals surface area contributed by atoms with Crippen LogP contribution in [-0.4, -0.2) is 28.5 Å². The maximum absolute atomic E-state index is 9.96. The van der Waals surface area contributed by atoms with Crippen LogP contribution in [0.1, 0.15) is 13.3 Å². The Kier molecular flexibility index (Phi) is 7.10. The van der Waals surface area contributed by atoms with Crippen LogP contribution < -0.4 is 0 Å². The molecule has 1 aromatic heterocycles. The molecule has 5 nitrogen and oxygen atoms in total. The van der Waals surface area contributed by atoms with E-state index in [0.717, 1.165) is 0 Å². The minimum Gasteiger partial charge on any atom is -0.469 e. The molecular formula is C7H10ClN3O2S2. The molecule has 0 saturated heterocycles. The Morgan fingerprint density at radius 1 is 1.60 bits per heavy atom. The predicted molar refractivity (Wildman–Crippen MR) is 61.9 cm³/mol. The van der Waals surface area contributed by atoms with Gasteiger partial charge in [0.2, 0.25) is 0 Å². The summed E-state index contributed by atoms with van der Waals surface area (Å²) in [7, 11) is 1.38. The zero-order valence-electron chi connectivity index (χ0n) is 8.17. The van der Waals surface area contributed by atoms with Gasteiger partial charge in [0.25, 0.3) is 0 Å². The van der Waals surface area contributed by atoms with E-state index >= 15 is 0 Å². The number of carbonyl (C=O) groups is 1. The number of nitrogens with zero attached hydrogens (tertiary/aromatic N) is 1. The number of esters is 1. The summed E-state index contributed by atoms with van der Waals surface area (Å²) in [5.74, 6) is -0.157.